The van der Waals surface area contributed by atoms with Gasteiger partial charge in [-0.05, 0) is 31.6 Å². The van der Waals surface area contributed by atoms with E-state index >= 15 is 0 Å². The highest BCUT2D eigenvalue weighted by molar-refractivity contribution is 5.69. The summed E-state index contributed by atoms with van der Waals surface area (Å²) in [5.74, 6) is -1.42. The fourth-order valence-electron chi connectivity index (χ4n) is 2.86. The summed E-state index contributed by atoms with van der Waals surface area (Å²) in [6, 6.07) is 13.6. The molecule has 2 aromatic rings. The average molecular weight is 402 g/mol. The minimum absolute atomic E-state index is 0.130. The van der Waals surface area contributed by atoms with Gasteiger partial charge in [0.25, 0.3) is 0 Å². The number of carboxylic acid groups (broad SMARTS) is 2. The molecule has 1 aliphatic heterocycles. The first kappa shape index (κ1) is 22.2. The van der Waals surface area contributed by atoms with Crippen molar-refractivity contribution in [1.82, 2.24) is 9.80 Å². The van der Waals surface area contributed by atoms with Gasteiger partial charge in [-0.25, -0.2) is 0 Å². The van der Waals surface area contributed by atoms with Crippen LogP contribution in [-0.4, -0.2) is 68.3 Å². The maximum atomic E-state index is 11.0. The van der Waals surface area contributed by atoms with Crippen LogP contribution in [0, 0.1) is 0 Å². The molecule has 0 aromatic heterocycles. The largest absolute Gasteiger partial charge is 0.508 e. The van der Waals surface area contributed by atoms with Crippen molar-refractivity contribution >= 4 is 11.9 Å². The smallest absolute Gasteiger partial charge is 0.317 e. The highest BCUT2D eigenvalue weighted by atomic mass is 16.4. The summed E-state index contributed by atoms with van der Waals surface area (Å²) >= 11 is 0. The summed E-state index contributed by atoms with van der Waals surface area (Å²) in [5.41, 5.74) is 1.29. The molecule has 29 heavy (non-hydrogen) atoms. The monoisotopic (exact) mass is 402 g/mol. The number of phenolic OH excluding ortho intramolecular Hbond substituents is 2. The molecule has 1 heterocycles. The number of para-hydroxylation sites is 2. The first-order chi connectivity index (χ1) is 13.8. The Hall–Kier alpha value is -3.10. The summed E-state index contributed by atoms with van der Waals surface area (Å²) in [6.07, 6.45) is 1.16. The summed E-state index contributed by atoms with van der Waals surface area (Å²) in [7, 11) is 0. The van der Waals surface area contributed by atoms with Gasteiger partial charge in [-0.1, -0.05) is 36.4 Å². The number of rotatable bonds is 8. The second-order valence-corrected chi connectivity index (χ2v) is 6.82. The van der Waals surface area contributed by atoms with E-state index in [1.54, 1.807) is 53.4 Å². The molecule has 0 saturated carbocycles. The Labute approximate surface area is 169 Å². The predicted octanol–water partition coefficient (Wildman–Crippen LogP) is 1.96. The van der Waals surface area contributed by atoms with Crippen molar-refractivity contribution in [2.75, 3.05) is 26.2 Å². The molecule has 0 radical (unpaired) electrons. The molecule has 1 saturated heterocycles. The van der Waals surface area contributed by atoms with Crippen molar-refractivity contribution in [1.29, 1.82) is 0 Å². The Morgan fingerprint density at radius 3 is 1.62 bits per heavy atom. The van der Waals surface area contributed by atoms with Crippen LogP contribution in [0.3, 0.4) is 0 Å². The predicted molar refractivity (Wildman–Crippen MR) is 107 cm³/mol. The lowest BCUT2D eigenvalue weighted by Gasteiger charge is -2.28. The Bertz CT molecular complexity index is 775. The standard InChI is InChI=1S/C16H17NO4.C5H9NO2/c18-14-7-3-1-5-12(14)9-17(11-16(20)21)10-13-6-2-4-8-15(13)19;7-5(8)4-6-2-1-3-6/h1-8,18-19H,9-11H2,(H,20,21);1-4H2,(H,7,8). The molecule has 0 bridgehead atoms. The number of hydrogen-bond donors (Lipinski definition) is 4. The first-order valence-corrected chi connectivity index (χ1v) is 9.27. The van der Waals surface area contributed by atoms with Crippen LogP contribution in [0.4, 0.5) is 0 Å². The van der Waals surface area contributed by atoms with Gasteiger partial charge in [0.05, 0.1) is 13.1 Å². The topological polar surface area (TPSA) is 122 Å². The van der Waals surface area contributed by atoms with Crippen molar-refractivity contribution in [2.24, 2.45) is 0 Å². The van der Waals surface area contributed by atoms with Gasteiger partial charge < -0.3 is 20.4 Å². The van der Waals surface area contributed by atoms with E-state index < -0.39 is 11.9 Å². The number of carbonyl (C=O) groups is 2. The Balaban J connectivity index is 0.000000313. The van der Waals surface area contributed by atoms with Gasteiger partial charge in [-0.2, -0.15) is 0 Å². The number of aromatic hydroxyl groups is 2. The lowest BCUT2D eigenvalue weighted by Crippen LogP contribution is -2.40. The summed E-state index contributed by atoms with van der Waals surface area (Å²) in [6.45, 7) is 2.54. The highest BCUT2D eigenvalue weighted by Gasteiger charge is 2.16. The quantitative estimate of drug-likeness (QED) is 0.529. The van der Waals surface area contributed by atoms with Crippen LogP contribution in [0.1, 0.15) is 17.5 Å². The Morgan fingerprint density at radius 1 is 0.828 bits per heavy atom. The van der Waals surface area contributed by atoms with Crippen LogP contribution >= 0.6 is 0 Å². The van der Waals surface area contributed by atoms with Crippen LogP contribution in [0.5, 0.6) is 11.5 Å². The zero-order chi connectivity index (χ0) is 21.2. The van der Waals surface area contributed by atoms with Crippen LogP contribution in [-0.2, 0) is 22.7 Å². The summed E-state index contributed by atoms with van der Waals surface area (Å²) in [5, 5.41) is 36.8. The van der Waals surface area contributed by atoms with Crippen molar-refractivity contribution in [3.63, 3.8) is 0 Å². The second-order valence-electron chi connectivity index (χ2n) is 6.82. The second kappa shape index (κ2) is 11.0. The molecular weight excluding hydrogens is 376 g/mol. The molecule has 0 amide bonds. The lowest BCUT2D eigenvalue weighted by atomic mass is 10.1. The summed E-state index contributed by atoms with van der Waals surface area (Å²) in [4.78, 5) is 24.5. The maximum Gasteiger partial charge on any atom is 0.317 e. The molecule has 8 heteroatoms. The molecule has 1 aliphatic rings. The number of carboxylic acids is 2. The number of nitrogens with zero attached hydrogens (tertiary/aromatic N) is 2. The van der Waals surface area contributed by atoms with E-state index in [1.165, 1.54) is 0 Å². The van der Waals surface area contributed by atoms with Crippen LogP contribution < -0.4 is 0 Å². The van der Waals surface area contributed by atoms with Gasteiger partial charge in [0, 0.05) is 24.2 Å². The normalized spacial score (nSPS) is 13.3. The van der Waals surface area contributed by atoms with Gasteiger partial charge in [0.1, 0.15) is 11.5 Å². The molecule has 0 aliphatic carbocycles. The third kappa shape index (κ3) is 7.81. The van der Waals surface area contributed by atoms with Gasteiger partial charge in [0.15, 0.2) is 0 Å². The van der Waals surface area contributed by atoms with E-state index in [0.717, 1.165) is 19.5 Å². The SMILES string of the molecule is O=C(O)CN(Cc1ccccc1O)Cc1ccccc1O.O=C(O)CN1CCC1. The minimum atomic E-state index is -0.958. The molecule has 0 spiro atoms. The number of aliphatic carboxylic acids is 2. The van der Waals surface area contributed by atoms with Crippen LogP contribution in [0.2, 0.25) is 0 Å². The van der Waals surface area contributed by atoms with Gasteiger partial charge in [-0.15, -0.1) is 0 Å². The fourth-order valence-corrected chi connectivity index (χ4v) is 2.86. The van der Waals surface area contributed by atoms with Crippen LogP contribution in [0.25, 0.3) is 0 Å². The van der Waals surface area contributed by atoms with E-state index in [9.17, 15) is 19.8 Å². The molecular formula is C21H26N2O6. The van der Waals surface area contributed by atoms with E-state index in [-0.39, 0.29) is 37.7 Å². The molecule has 2 aromatic carbocycles. The van der Waals surface area contributed by atoms with Crippen molar-refractivity contribution < 1.29 is 30.0 Å². The highest BCUT2D eigenvalue weighted by Crippen LogP contribution is 2.22. The Kier molecular flexibility index (Phi) is 8.45. The number of benzene rings is 2. The third-order valence-electron chi connectivity index (χ3n) is 4.44. The molecule has 8 nitrogen and oxygen atoms in total. The molecule has 3 rings (SSSR count). The zero-order valence-corrected chi connectivity index (χ0v) is 16.1. The number of likely N-dealkylation sites (tertiary alicyclic amines) is 1. The summed E-state index contributed by atoms with van der Waals surface area (Å²) < 4.78 is 0. The lowest BCUT2D eigenvalue weighted by molar-refractivity contribution is -0.140. The van der Waals surface area contributed by atoms with Gasteiger partial charge in [-0.3, -0.25) is 19.4 Å². The van der Waals surface area contributed by atoms with Crippen LogP contribution in [0.15, 0.2) is 48.5 Å². The van der Waals surface area contributed by atoms with Gasteiger partial charge in [0.2, 0.25) is 0 Å². The van der Waals surface area contributed by atoms with Crippen molar-refractivity contribution in [2.45, 2.75) is 19.5 Å². The van der Waals surface area contributed by atoms with E-state index in [4.69, 9.17) is 10.2 Å². The van der Waals surface area contributed by atoms with Crippen molar-refractivity contribution in [3.05, 3.63) is 59.7 Å². The van der Waals surface area contributed by atoms with Crippen molar-refractivity contribution in [3.8, 4) is 11.5 Å². The minimum Gasteiger partial charge on any atom is -0.508 e. The number of phenols is 2. The van der Waals surface area contributed by atoms with E-state index in [1.807, 2.05) is 4.90 Å². The molecule has 0 unspecified atom stereocenters. The zero-order valence-electron chi connectivity index (χ0n) is 16.1. The third-order valence-corrected chi connectivity index (χ3v) is 4.44. The molecule has 0 atom stereocenters. The first-order valence-electron chi connectivity index (χ1n) is 9.27. The molecule has 4 N–H and O–H groups in total. The van der Waals surface area contributed by atoms with E-state index in [2.05, 4.69) is 0 Å². The average Bonchev–Trinajstić information content (AvgIpc) is 2.62. The maximum absolute atomic E-state index is 11.0. The Morgan fingerprint density at radius 2 is 1.31 bits per heavy atom. The van der Waals surface area contributed by atoms with Gasteiger partial charge >= 0.3 is 11.9 Å². The van der Waals surface area contributed by atoms with E-state index in [0.29, 0.717) is 11.1 Å². The molecule has 1 fully saturated rings. The molecule has 156 valence electrons. The fraction of sp³-hybridized carbons (Fsp3) is 0.333. The number of hydrogen-bond acceptors (Lipinski definition) is 6.